The molecule has 0 saturated carbocycles. The van der Waals surface area contributed by atoms with Crippen molar-refractivity contribution < 1.29 is 32.3 Å². The zero-order chi connectivity index (χ0) is 32.2. The summed E-state index contributed by atoms with van der Waals surface area (Å²) in [5, 5.41) is 7.24. The van der Waals surface area contributed by atoms with E-state index in [0.29, 0.717) is 86.2 Å². The van der Waals surface area contributed by atoms with Gasteiger partial charge in [-0.2, -0.15) is 0 Å². The number of aromatic nitrogens is 4. The second-order valence-corrected chi connectivity index (χ2v) is 18.6. The van der Waals surface area contributed by atoms with E-state index in [1.54, 1.807) is 24.4 Å². The summed E-state index contributed by atoms with van der Waals surface area (Å²) < 4.78 is 46.0. The number of hydrogen-bond acceptors (Lipinski definition) is 9. The van der Waals surface area contributed by atoms with Crippen LogP contribution in [0.4, 0.5) is 4.39 Å². The zero-order valence-electron chi connectivity index (χ0n) is 26.5. The summed E-state index contributed by atoms with van der Waals surface area (Å²) in [6.45, 7) is 8.61. The van der Waals surface area contributed by atoms with E-state index in [9.17, 15) is 4.79 Å². The molecule has 0 aliphatic carbocycles. The molecule has 5 heterocycles. The summed E-state index contributed by atoms with van der Waals surface area (Å²) in [5.41, 5.74) is 1.29. The monoisotopic (exact) mass is 649 g/mol. The molecule has 13 heteroatoms. The van der Waals surface area contributed by atoms with Crippen LogP contribution in [0.1, 0.15) is 43.6 Å². The molecule has 2 aliphatic rings. The highest BCUT2D eigenvalue weighted by molar-refractivity contribution is 6.76. The molecule has 46 heavy (non-hydrogen) atoms. The van der Waals surface area contributed by atoms with Gasteiger partial charge in [-0.25, -0.2) is 14.4 Å². The minimum Gasteiger partial charge on any atom is -0.445 e. The first kappa shape index (κ1) is 32.0. The van der Waals surface area contributed by atoms with Gasteiger partial charge in [0.2, 0.25) is 17.6 Å². The second kappa shape index (κ2) is 13.4. The third-order valence-electron chi connectivity index (χ3n) is 8.44. The van der Waals surface area contributed by atoms with Crippen molar-refractivity contribution >= 4 is 14.0 Å². The molecular formula is C33H40FN5O6Si. The standard InChI is InChI=1S/C33H40FN5O6Si/c1-46(2,3)20-19-41-23-39-27(25-8-7-24(21-26(25)34)30-35-14-16-42-30)22-36-31(39)32(13-9-29(40)37-32)11-5-4-6-12-33(43-17-18-44-33)28-10-15-45-38-28/h4-5,7-8,10,14-16,21-22H,6,9,11-13,17-20,23H2,1-3H3,(H,37,40)/b5-4+/t32-/m0/s1. The highest BCUT2D eigenvalue weighted by atomic mass is 28.3. The molecule has 1 aromatic carbocycles. The Morgan fingerprint density at radius 1 is 1.13 bits per heavy atom. The topological polar surface area (TPSA) is 127 Å². The first-order chi connectivity index (χ1) is 22.2. The fourth-order valence-electron chi connectivity index (χ4n) is 5.95. The summed E-state index contributed by atoms with van der Waals surface area (Å²) in [5.74, 6) is -0.451. The predicted octanol–water partition coefficient (Wildman–Crippen LogP) is 6.38. The number of nitrogens with zero attached hydrogens (tertiary/aromatic N) is 4. The lowest BCUT2D eigenvalue weighted by Crippen LogP contribution is -2.41. The zero-order valence-corrected chi connectivity index (χ0v) is 27.5. The minimum atomic E-state index is -1.34. The molecular weight excluding hydrogens is 609 g/mol. The Hall–Kier alpha value is -3.91. The molecule has 2 aliphatic heterocycles. The number of benzene rings is 1. The Kier molecular flexibility index (Phi) is 9.36. The fraction of sp³-hybridized carbons (Fsp3) is 0.455. The summed E-state index contributed by atoms with van der Waals surface area (Å²) in [7, 11) is -1.34. The third kappa shape index (κ3) is 6.92. The number of ether oxygens (including phenoxy) is 3. The highest BCUT2D eigenvalue weighted by Crippen LogP contribution is 2.39. The van der Waals surface area contributed by atoms with Crippen molar-refractivity contribution in [3.63, 3.8) is 0 Å². The Morgan fingerprint density at radius 2 is 1.98 bits per heavy atom. The van der Waals surface area contributed by atoms with E-state index in [4.69, 9.17) is 28.1 Å². The number of oxazole rings is 1. The lowest BCUT2D eigenvalue weighted by atomic mass is 9.91. The van der Waals surface area contributed by atoms with Crippen LogP contribution in [0, 0.1) is 5.82 Å². The van der Waals surface area contributed by atoms with Crippen LogP contribution in [0.5, 0.6) is 0 Å². The van der Waals surface area contributed by atoms with Crippen LogP contribution in [0.3, 0.4) is 0 Å². The van der Waals surface area contributed by atoms with E-state index in [1.807, 2.05) is 10.6 Å². The first-order valence-corrected chi connectivity index (χ1v) is 19.4. The van der Waals surface area contributed by atoms with E-state index in [2.05, 4.69) is 41.2 Å². The second-order valence-electron chi connectivity index (χ2n) is 13.0. The molecule has 11 nitrogen and oxygen atoms in total. The lowest BCUT2D eigenvalue weighted by molar-refractivity contribution is -0.174. The SMILES string of the molecule is C[Si](C)(C)CCOCn1c(-c2ccc(-c3ncco3)cc2F)cnc1[C@]1(C/C=C/CCC2(c3ccon3)OCCO2)CCC(=O)N1. The molecule has 3 aromatic heterocycles. The van der Waals surface area contributed by atoms with Gasteiger partial charge in [-0.1, -0.05) is 36.9 Å². The summed E-state index contributed by atoms with van der Waals surface area (Å²) in [6, 6.07) is 7.62. The van der Waals surface area contributed by atoms with E-state index in [-0.39, 0.29) is 12.6 Å². The van der Waals surface area contributed by atoms with Crippen molar-refractivity contribution in [1.82, 2.24) is 25.0 Å². The van der Waals surface area contributed by atoms with Gasteiger partial charge in [-0.05, 0) is 43.5 Å². The van der Waals surface area contributed by atoms with Crippen LogP contribution in [0.15, 0.2) is 70.3 Å². The van der Waals surface area contributed by atoms with E-state index in [1.165, 1.54) is 24.8 Å². The van der Waals surface area contributed by atoms with Gasteiger partial charge < -0.3 is 33.0 Å². The molecule has 244 valence electrons. The molecule has 0 bridgehead atoms. The highest BCUT2D eigenvalue weighted by Gasteiger charge is 2.43. The van der Waals surface area contributed by atoms with Gasteiger partial charge in [0.05, 0.1) is 31.3 Å². The van der Waals surface area contributed by atoms with Crippen molar-refractivity contribution in [2.24, 2.45) is 0 Å². The number of amides is 1. The van der Waals surface area contributed by atoms with Gasteiger partial charge in [0.1, 0.15) is 42.1 Å². The summed E-state index contributed by atoms with van der Waals surface area (Å²) in [4.78, 5) is 21.7. The van der Waals surface area contributed by atoms with Crippen LogP contribution in [0.25, 0.3) is 22.7 Å². The van der Waals surface area contributed by atoms with Gasteiger partial charge >= 0.3 is 0 Å². The molecule has 0 radical (unpaired) electrons. The average molecular weight is 650 g/mol. The molecule has 0 spiro atoms. The quantitative estimate of drug-likeness (QED) is 0.0941. The number of hydrogen-bond donors (Lipinski definition) is 1. The molecule has 0 unspecified atom stereocenters. The maximum absolute atomic E-state index is 15.7. The smallest absolute Gasteiger partial charge is 0.225 e. The predicted molar refractivity (Wildman–Crippen MR) is 169 cm³/mol. The molecule has 2 saturated heterocycles. The number of carbonyl (C=O) groups excluding carboxylic acids is 1. The van der Waals surface area contributed by atoms with Gasteiger partial charge in [0.25, 0.3) is 0 Å². The van der Waals surface area contributed by atoms with Crippen LogP contribution >= 0.6 is 0 Å². The first-order valence-electron chi connectivity index (χ1n) is 15.7. The maximum atomic E-state index is 15.7. The van der Waals surface area contributed by atoms with Crippen molar-refractivity contribution in [2.75, 3.05) is 19.8 Å². The molecule has 1 N–H and O–H groups in total. The van der Waals surface area contributed by atoms with Crippen molar-refractivity contribution in [3.8, 4) is 22.7 Å². The molecule has 1 amide bonds. The Balaban J connectivity index is 1.26. The summed E-state index contributed by atoms with van der Waals surface area (Å²) >= 11 is 0. The maximum Gasteiger partial charge on any atom is 0.225 e. The van der Waals surface area contributed by atoms with Crippen LogP contribution in [0.2, 0.25) is 25.7 Å². The number of halogens is 1. The number of rotatable bonds is 14. The van der Waals surface area contributed by atoms with Crippen LogP contribution in [-0.2, 0) is 37.1 Å². The normalized spacial score (nSPS) is 19.8. The van der Waals surface area contributed by atoms with Crippen molar-refractivity contribution in [1.29, 1.82) is 0 Å². The van der Waals surface area contributed by atoms with Crippen LogP contribution in [-0.4, -0.2) is 53.5 Å². The molecule has 6 rings (SSSR count). The lowest BCUT2D eigenvalue weighted by Gasteiger charge is -2.29. The van der Waals surface area contributed by atoms with E-state index >= 15 is 4.39 Å². The molecule has 4 aromatic rings. The van der Waals surface area contributed by atoms with E-state index in [0.717, 1.165) is 6.04 Å². The fourth-order valence-corrected chi connectivity index (χ4v) is 6.71. The minimum absolute atomic E-state index is 0.0524. The van der Waals surface area contributed by atoms with Crippen molar-refractivity contribution in [3.05, 3.63) is 78.7 Å². The largest absolute Gasteiger partial charge is 0.445 e. The number of allylic oxidation sites excluding steroid dienone is 1. The van der Waals surface area contributed by atoms with Gasteiger partial charge in [-0.15, -0.1) is 0 Å². The Labute approximate surface area is 268 Å². The average Bonchev–Trinajstić information content (AvgIpc) is 3.86. The number of carbonyl (C=O) groups is 1. The van der Waals surface area contributed by atoms with Crippen LogP contribution < -0.4 is 5.32 Å². The molecule has 2 fully saturated rings. The number of nitrogens with one attached hydrogen (secondary N) is 1. The Morgan fingerprint density at radius 3 is 2.65 bits per heavy atom. The van der Waals surface area contributed by atoms with Crippen molar-refractivity contribution in [2.45, 2.75) is 75.8 Å². The number of imidazole rings is 1. The van der Waals surface area contributed by atoms with E-state index < -0.39 is 25.2 Å². The Bertz CT molecular complexity index is 1640. The summed E-state index contributed by atoms with van der Waals surface area (Å²) in [6.07, 6.45) is 12.9. The molecule has 1 atom stereocenters. The van der Waals surface area contributed by atoms with Gasteiger partial charge in [0, 0.05) is 44.7 Å². The van der Waals surface area contributed by atoms with Gasteiger partial charge in [-0.3, -0.25) is 4.79 Å². The third-order valence-corrected chi connectivity index (χ3v) is 10.1. The van der Waals surface area contributed by atoms with Gasteiger partial charge in [0.15, 0.2) is 0 Å².